The summed E-state index contributed by atoms with van der Waals surface area (Å²) < 4.78 is 47.5. The summed E-state index contributed by atoms with van der Waals surface area (Å²) in [6, 6.07) is 12.5. The summed E-state index contributed by atoms with van der Waals surface area (Å²) in [6.07, 6.45) is 0. The highest BCUT2D eigenvalue weighted by Crippen LogP contribution is 2.24. The van der Waals surface area contributed by atoms with E-state index < -0.39 is 20.5 Å². The molecule has 0 heterocycles. The molecule has 0 amide bonds. The van der Waals surface area contributed by atoms with Crippen LogP contribution in [0.4, 0.5) is 20.2 Å². The van der Waals surface area contributed by atoms with Crippen molar-refractivity contribution in [3.05, 3.63) is 54.1 Å². The maximum absolute atomic E-state index is 12.4. The number of anilines is 2. The molecule has 0 fully saturated rings. The molecule has 3 N–H and O–H groups in total. The van der Waals surface area contributed by atoms with Gasteiger partial charge in [-0.1, -0.05) is 18.2 Å². The van der Waals surface area contributed by atoms with Crippen LogP contribution >= 0.6 is 0 Å². The minimum absolute atomic E-state index is 0.348. The first-order chi connectivity index (χ1) is 9.95. The zero-order chi connectivity index (χ0) is 15.5. The minimum Gasteiger partial charge on any atom is -0.355 e. The van der Waals surface area contributed by atoms with Crippen LogP contribution in [0.25, 0.3) is 0 Å². The second-order valence-corrected chi connectivity index (χ2v) is 6.23. The number of para-hydroxylation sites is 1. The first-order valence-corrected chi connectivity index (χ1v) is 7.67. The Bertz CT molecular complexity index is 716. The number of halogens is 2. The third-order valence-corrected chi connectivity index (χ3v) is 4.33. The fraction of sp³-hybridized carbons (Fsp3) is 0.143. The van der Waals surface area contributed by atoms with Crippen molar-refractivity contribution in [2.45, 2.75) is 17.2 Å². The third kappa shape index (κ3) is 3.37. The highest BCUT2D eigenvalue weighted by Gasteiger charge is 2.26. The van der Waals surface area contributed by atoms with E-state index in [1.54, 1.807) is 0 Å². The van der Waals surface area contributed by atoms with E-state index in [0.717, 1.165) is 23.4 Å². The molecule has 0 radical (unpaired) electrons. The average Bonchev–Trinajstić information content (AvgIpc) is 2.48. The molecule has 4 nitrogen and oxygen atoms in total. The predicted octanol–water partition coefficient (Wildman–Crippen LogP) is 2.89. The summed E-state index contributed by atoms with van der Waals surface area (Å²) in [4.78, 5) is -0.407. The zero-order valence-corrected chi connectivity index (χ0v) is 11.8. The van der Waals surface area contributed by atoms with E-state index in [-0.39, 0.29) is 0 Å². The quantitative estimate of drug-likeness (QED) is 0.890. The van der Waals surface area contributed by atoms with Crippen LogP contribution in [0.1, 0.15) is 5.56 Å². The number of rotatable bonds is 5. The molecular formula is C14H14F2N2O2S. The smallest absolute Gasteiger partial charge is 0.341 e. The molecule has 0 saturated carbocycles. The molecule has 7 heteroatoms. The number of hydrogen-bond acceptors (Lipinski definition) is 4. The van der Waals surface area contributed by atoms with Gasteiger partial charge in [0.15, 0.2) is 0 Å². The standard InChI is InChI=1S/C14H14F2N2O2S/c15-14(16)21(19,20)12-7-5-11(6-8-12)18-13-4-2-1-3-10(13)9-17/h1-8,14,18H,9,17H2. The topological polar surface area (TPSA) is 72.2 Å². The van der Waals surface area contributed by atoms with Crippen LogP contribution in [-0.4, -0.2) is 14.2 Å². The second kappa shape index (κ2) is 6.19. The molecule has 0 unspecified atom stereocenters. The maximum Gasteiger partial charge on any atom is 0.341 e. The maximum atomic E-state index is 12.4. The monoisotopic (exact) mass is 312 g/mol. The van der Waals surface area contributed by atoms with Gasteiger partial charge in [0.2, 0.25) is 9.84 Å². The molecule has 2 aromatic carbocycles. The highest BCUT2D eigenvalue weighted by molar-refractivity contribution is 7.91. The fourth-order valence-corrected chi connectivity index (χ4v) is 2.53. The van der Waals surface area contributed by atoms with E-state index in [1.165, 1.54) is 12.1 Å². The largest absolute Gasteiger partial charge is 0.355 e. The van der Waals surface area contributed by atoms with Crippen molar-refractivity contribution in [1.82, 2.24) is 0 Å². The summed E-state index contributed by atoms with van der Waals surface area (Å²) in [6.45, 7) is 0.348. The lowest BCUT2D eigenvalue weighted by atomic mass is 10.1. The number of nitrogens with one attached hydrogen (secondary N) is 1. The molecule has 0 bridgehead atoms. The van der Waals surface area contributed by atoms with Crippen LogP contribution in [0.3, 0.4) is 0 Å². The second-order valence-electron chi connectivity index (χ2n) is 4.32. The van der Waals surface area contributed by atoms with Gasteiger partial charge < -0.3 is 11.1 Å². The lowest BCUT2D eigenvalue weighted by Gasteiger charge is -2.11. The van der Waals surface area contributed by atoms with Crippen molar-refractivity contribution in [2.24, 2.45) is 5.73 Å². The van der Waals surface area contributed by atoms with E-state index in [0.29, 0.717) is 12.2 Å². The number of alkyl halides is 2. The summed E-state index contributed by atoms with van der Waals surface area (Å²) in [7, 11) is -4.56. The molecule has 0 aliphatic carbocycles. The van der Waals surface area contributed by atoms with Crippen molar-refractivity contribution >= 4 is 21.2 Å². The van der Waals surface area contributed by atoms with Crippen LogP contribution in [0, 0.1) is 0 Å². The van der Waals surface area contributed by atoms with Crippen molar-refractivity contribution < 1.29 is 17.2 Å². The number of benzene rings is 2. The van der Waals surface area contributed by atoms with Gasteiger partial charge in [0.25, 0.3) is 0 Å². The zero-order valence-electron chi connectivity index (χ0n) is 11.0. The fourth-order valence-electron chi connectivity index (χ4n) is 1.81. The van der Waals surface area contributed by atoms with Crippen LogP contribution < -0.4 is 11.1 Å². The number of hydrogen-bond donors (Lipinski definition) is 2. The van der Waals surface area contributed by atoms with Gasteiger partial charge in [-0.25, -0.2) is 8.42 Å². The van der Waals surface area contributed by atoms with Crippen LogP contribution in [0.2, 0.25) is 0 Å². The molecule has 0 aromatic heterocycles. The number of sulfone groups is 1. The molecular weight excluding hydrogens is 298 g/mol. The first-order valence-electron chi connectivity index (χ1n) is 6.12. The van der Waals surface area contributed by atoms with E-state index in [1.807, 2.05) is 24.3 Å². The van der Waals surface area contributed by atoms with Gasteiger partial charge in [-0.15, -0.1) is 0 Å². The highest BCUT2D eigenvalue weighted by atomic mass is 32.2. The Morgan fingerprint density at radius 1 is 1.05 bits per heavy atom. The van der Waals surface area contributed by atoms with E-state index in [4.69, 9.17) is 5.73 Å². The molecule has 0 aliphatic rings. The molecule has 0 atom stereocenters. The summed E-state index contributed by atoms with van der Waals surface area (Å²) in [5.74, 6) is -3.42. The van der Waals surface area contributed by atoms with Crippen molar-refractivity contribution in [3.8, 4) is 0 Å². The molecule has 0 saturated heterocycles. The Balaban J connectivity index is 2.24. The van der Waals surface area contributed by atoms with Gasteiger partial charge in [-0.2, -0.15) is 8.78 Å². The van der Waals surface area contributed by atoms with E-state index >= 15 is 0 Å². The van der Waals surface area contributed by atoms with E-state index in [2.05, 4.69) is 5.32 Å². The SMILES string of the molecule is NCc1ccccc1Nc1ccc(S(=O)(=O)C(F)F)cc1. The average molecular weight is 312 g/mol. The minimum atomic E-state index is -4.56. The molecule has 0 aliphatic heterocycles. The van der Waals surface area contributed by atoms with Gasteiger partial charge in [0.1, 0.15) is 0 Å². The first kappa shape index (κ1) is 15.4. The Morgan fingerprint density at radius 3 is 2.24 bits per heavy atom. The third-order valence-electron chi connectivity index (χ3n) is 2.93. The molecule has 2 rings (SSSR count). The van der Waals surface area contributed by atoms with Crippen molar-refractivity contribution in [3.63, 3.8) is 0 Å². The van der Waals surface area contributed by atoms with Gasteiger partial charge >= 0.3 is 5.76 Å². The summed E-state index contributed by atoms with van der Waals surface area (Å²) in [5, 5.41) is 3.07. The van der Waals surface area contributed by atoms with Crippen LogP contribution in [-0.2, 0) is 16.4 Å². The Kier molecular flexibility index (Phi) is 4.54. The molecule has 0 spiro atoms. The molecule has 21 heavy (non-hydrogen) atoms. The van der Waals surface area contributed by atoms with Gasteiger partial charge in [-0.3, -0.25) is 0 Å². The summed E-state index contributed by atoms with van der Waals surface area (Å²) in [5.41, 5.74) is 7.88. The van der Waals surface area contributed by atoms with Crippen molar-refractivity contribution in [2.75, 3.05) is 5.32 Å². The van der Waals surface area contributed by atoms with Crippen LogP contribution in [0.5, 0.6) is 0 Å². The van der Waals surface area contributed by atoms with Crippen molar-refractivity contribution in [1.29, 1.82) is 0 Å². The lowest BCUT2D eigenvalue weighted by Crippen LogP contribution is -2.11. The van der Waals surface area contributed by atoms with Gasteiger partial charge in [0.05, 0.1) is 4.90 Å². The lowest BCUT2D eigenvalue weighted by molar-refractivity contribution is 0.234. The van der Waals surface area contributed by atoms with E-state index in [9.17, 15) is 17.2 Å². The molecule has 112 valence electrons. The Morgan fingerprint density at radius 2 is 1.67 bits per heavy atom. The number of nitrogens with two attached hydrogens (primary N) is 1. The Labute approximate surface area is 121 Å². The van der Waals surface area contributed by atoms with Crippen LogP contribution in [0.15, 0.2) is 53.4 Å². The van der Waals surface area contributed by atoms with Gasteiger partial charge in [-0.05, 0) is 35.9 Å². The summed E-state index contributed by atoms with van der Waals surface area (Å²) >= 11 is 0. The van der Waals surface area contributed by atoms with Gasteiger partial charge in [0, 0.05) is 17.9 Å². The Hall–Kier alpha value is -1.99. The normalized spacial score (nSPS) is 11.6. The predicted molar refractivity (Wildman–Crippen MR) is 77.2 cm³/mol. The molecule has 2 aromatic rings.